The van der Waals surface area contributed by atoms with Crippen LogP contribution in [0.5, 0.6) is 0 Å². The Kier molecular flexibility index (Phi) is 7.58. The first kappa shape index (κ1) is 19.3. The van der Waals surface area contributed by atoms with Crippen molar-refractivity contribution < 1.29 is 0 Å². The minimum absolute atomic E-state index is 0. The average molecular weight is 443 g/mol. The highest BCUT2D eigenvalue weighted by molar-refractivity contribution is 14.0. The van der Waals surface area contributed by atoms with Gasteiger partial charge in [-0.1, -0.05) is 19.3 Å². The molecule has 0 amide bonds. The highest BCUT2D eigenvalue weighted by Gasteiger charge is 2.15. The van der Waals surface area contributed by atoms with Crippen LogP contribution >= 0.6 is 24.0 Å². The van der Waals surface area contributed by atoms with E-state index in [4.69, 9.17) is 5.73 Å². The SMILES string of the molecule is Cc1cc(CN=C(N)NC2CCCCC2)cc(N2CCCC2)n1.I. The molecule has 1 aromatic heterocycles. The van der Waals surface area contributed by atoms with Crippen molar-refractivity contribution in [1.29, 1.82) is 0 Å². The van der Waals surface area contributed by atoms with Crippen LogP contribution in [0, 0.1) is 6.92 Å². The Morgan fingerprint density at radius 3 is 2.62 bits per heavy atom. The van der Waals surface area contributed by atoms with Crippen LogP contribution < -0.4 is 16.0 Å². The van der Waals surface area contributed by atoms with Gasteiger partial charge in [0, 0.05) is 24.8 Å². The summed E-state index contributed by atoms with van der Waals surface area (Å²) < 4.78 is 0. The van der Waals surface area contributed by atoms with Gasteiger partial charge in [0.15, 0.2) is 5.96 Å². The number of guanidine groups is 1. The largest absolute Gasteiger partial charge is 0.370 e. The number of pyridine rings is 1. The summed E-state index contributed by atoms with van der Waals surface area (Å²) in [5, 5.41) is 3.38. The average Bonchev–Trinajstić information content (AvgIpc) is 3.08. The molecular weight excluding hydrogens is 413 g/mol. The molecule has 0 radical (unpaired) electrons. The number of aliphatic imine (C=N–C) groups is 1. The number of nitrogens with zero attached hydrogens (tertiary/aromatic N) is 3. The molecule has 0 atom stereocenters. The van der Waals surface area contributed by atoms with Crippen LogP contribution in [-0.4, -0.2) is 30.1 Å². The van der Waals surface area contributed by atoms with Crippen LogP contribution in [0.4, 0.5) is 5.82 Å². The van der Waals surface area contributed by atoms with Crippen molar-refractivity contribution in [2.75, 3.05) is 18.0 Å². The van der Waals surface area contributed by atoms with E-state index in [1.165, 1.54) is 50.5 Å². The lowest BCUT2D eigenvalue weighted by atomic mass is 9.96. The number of hydrogen-bond donors (Lipinski definition) is 2. The molecule has 1 aromatic rings. The molecule has 1 aliphatic heterocycles. The Morgan fingerprint density at radius 1 is 1.21 bits per heavy atom. The van der Waals surface area contributed by atoms with Gasteiger partial charge < -0.3 is 16.0 Å². The summed E-state index contributed by atoms with van der Waals surface area (Å²) in [6.07, 6.45) is 8.91. The van der Waals surface area contributed by atoms with Crippen molar-refractivity contribution in [3.8, 4) is 0 Å². The number of rotatable bonds is 4. The summed E-state index contributed by atoms with van der Waals surface area (Å²) in [7, 11) is 0. The van der Waals surface area contributed by atoms with E-state index in [-0.39, 0.29) is 24.0 Å². The molecule has 0 aromatic carbocycles. The predicted octanol–water partition coefficient (Wildman–Crippen LogP) is 3.35. The predicted molar refractivity (Wildman–Crippen MR) is 111 cm³/mol. The van der Waals surface area contributed by atoms with E-state index in [1.807, 2.05) is 0 Å². The molecule has 0 spiro atoms. The van der Waals surface area contributed by atoms with Gasteiger partial charge in [-0.25, -0.2) is 9.98 Å². The lowest BCUT2D eigenvalue weighted by molar-refractivity contribution is 0.412. The van der Waals surface area contributed by atoms with E-state index in [1.54, 1.807) is 0 Å². The molecule has 2 heterocycles. The third-order valence-electron chi connectivity index (χ3n) is 4.82. The fourth-order valence-corrected chi connectivity index (χ4v) is 3.60. The van der Waals surface area contributed by atoms with Crippen LogP contribution in [0.15, 0.2) is 17.1 Å². The second-order valence-corrected chi connectivity index (χ2v) is 6.85. The van der Waals surface area contributed by atoms with Crippen molar-refractivity contribution in [2.45, 2.75) is 64.5 Å². The summed E-state index contributed by atoms with van der Waals surface area (Å²) in [6.45, 7) is 4.90. The second kappa shape index (κ2) is 9.44. The molecule has 2 fully saturated rings. The summed E-state index contributed by atoms with van der Waals surface area (Å²) >= 11 is 0. The van der Waals surface area contributed by atoms with Crippen LogP contribution in [0.3, 0.4) is 0 Å². The van der Waals surface area contributed by atoms with E-state index >= 15 is 0 Å². The fraction of sp³-hybridized carbons (Fsp3) is 0.667. The molecule has 0 unspecified atom stereocenters. The highest BCUT2D eigenvalue weighted by atomic mass is 127. The number of anilines is 1. The monoisotopic (exact) mass is 443 g/mol. The van der Waals surface area contributed by atoms with E-state index in [0.717, 1.165) is 24.6 Å². The van der Waals surface area contributed by atoms with Crippen LogP contribution in [0.25, 0.3) is 0 Å². The minimum Gasteiger partial charge on any atom is -0.370 e. The number of aromatic nitrogens is 1. The standard InChI is InChI=1S/C18H29N5.HI/c1-14-11-15(12-17(21-14)23-9-5-6-10-23)13-20-18(19)22-16-7-3-2-4-8-16;/h11-12,16H,2-10,13H2,1H3,(H3,19,20,22);1H. The third-order valence-corrected chi connectivity index (χ3v) is 4.82. The lowest BCUT2D eigenvalue weighted by Gasteiger charge is -2.23. The Morgan fingerprint density at radius 2 is 1.92 bits per heavy atom. The number of nitrogens with two attached hydrogens (primary N) is 1. The Balaban J connectivity index is 0.00000208. The van der Waals surface area contributed by atoms with Crippen LogP contribution in [0.1, 0.15) is 56.2 Å². The third kappa shape index (κ3) is 5.50. The van der Waals surface area contributed by atoms with Gasteiger partial charge >= 0.3 is 0 Å². The first-order chi connectivity index (χ1) is 11.2. The summed E-state index contributed by atoms with van der Waals surface area (Å²) in [4.78, 5) is 11.6. The van der Waals surface area contributed by atoms with Crippen molar-refractivity contribution in [1.82, 2.24) is 10.3 Å². The van der Waals surface area contributed by atoms with Gasteiger partial charge in [-0.3, -0.25) is 0 Å². The highest BCUT2D eigenvalue weighted by Crippen LogP contribution is 2.20. The zero-order chi connectivity index (χ0) is 16.1. The van der Waals surface area contributed by atoms with Crippen LogP contribution in [0.2, 0.25) is 0 Å². The maximum Gasteiger partial charge on any atom is 0.189 e. The molecule has 5 nitrogen and oxygen atoms in total. The molecule has 1 saturated carbocycles. The van der Waals surface area contributed by atoms with Gasteiger partial charge in [0.2, 0.25) is 0 Å². The van der Waals surface area contributed by atoms with Gasteiger partial charge in [-0.15, -0.1) is 24.0 Å². The normalized spacial score (nSPS) is 19.2. The first-order valence-corrected chi connectivity index (χ1v) is 9.00. The molecular formula is C18H30IN5. The lowest BCUT2D eigenvalue weighted by Crippen LogP contribution is -2.41. The summed E-state index contributed by atoms with van der Waals surface area (Å²) in [5.41, 5.74) is 8.31. The number of nitrogens with one attached hydrogen (secondary N) is 1. The number of aryl methyl sites for hydroxylation is 1. The van der Waals surface area contributed by atoms with Gasteiger partial charge in [-0.2, -0.15) is 0 Å². The maximum absolute atomic E-state index is 6.06. The zero-order valence-corrected chi connectivity index (χ0v) is 17.0. The van der Waals surface area contributed by atoms with Gasteiger partial charge in [0.25, 0.3) is 0 Å². The molecule has 24 heavy (non-hydrogen) atoms. The molecule has 1 saturated heterocycles. The van der Waals surface area contributed by atoms with E-state index in [2.05, 4.69) is 39.2 Å². The van der Waals surface area contributed by atoms with Crippen molar-refractivity contribution in [3.63, 3.8) is 0 Å². The summed E-state index contributed by atoms with van der Waals surface area (Å²) in [5.74, 6) is 1.67. The summed E-state index contributed by atoms with van der Waals surface area (Å²) in [6, 6.07) is 4.78. The van der Waals surface area contributed by atoms with Crippen molar-refractivity contribution >= 4 is 35.8 Å². The molecule has 1 aliphatic carbocycles. The molecule has 3 N–H and O–H groups in total. The van der Waals surface area contributed by atoms with E-state index in [0.29, 0.717) is 18.5 Å². The molecule has 2 aliphatic rings. The van der Waals surface area contributed by atoms with Gasteiger partial charge in [0.1, 0.15) is 5.82 Å². The van der Waals surface area contributed by atoms with Gasteiger partial charge in [-0.05, 0) is 50.3 Å². The smallest absolute Gasteiger partial charge is 0.189 e. The van der Waals surface area contributed by atoms with Crippen molar-refractivity contribution in [3.05, 3.63) is 23.4 Å². The Labute approximate surface area is 162 Å². The van der Waals surface area contributed by atoms with Crippen LogP contribution in [-0.2, 0) is 6.54 Å². The minimum atomic E-state index is 0. The van der Waals surface area contributed by atoms with Gasteiger partial charge in [0.05, 0.1) is 6.54 Å². The second-order valence-electron chi connectivity index (χ2n) is 6.85. The Hall–Kier alpha value is -1.05. The number of hydrogen-bond acceptors (Lipinski definition) is 3. The maximum atomic E-state index is 6.06. The first-order valence-electron chi connectivity index (χ1n) is 9.00. The number of halogens is 1. The Bertz CT molecular complexity index is 548. The fourth-order valence-electron chi connectivity index (χ4n) is 3.60. The topological polar surface area (TPSA) is 66.5 Å². The zero-order valence-electron chi connectivity index (χ0n) is 14.6. The van der Waals surface area contributed by atoms with E-state index in [9.17, 15) is 0 Å². The molecule has 0 bridgehead atoms. The molecule has 6 heteroatoms. The molecule has 134 valence electrons. The molecule has 3 rings (SSSR count). The van der Waals surface area contributed by atoms with Crippen molar-refractivity contribution in [2.24, 2.45) is 10.7 Å². The van der Waals surface area contributed by atoms with E-state index < -0.39 is 0 Å². The quantitative estimate of drug-likeness (QED) is 0.426.